The van der Waals surface area contributed by atoms with Gasteiger partial charge in [0, 0.05) is 14.1 Å². The van der Waals surface area contributed by atoms with Crippen LogP contribution >= 0.6 is 22.9 Å². The van der Waals surface area contributed by atoms with E-state index in [1.807, 2.05) is 0 Å². The van der Waals surface area contributed by atoms with Crippen LogP contribution in [0.15, 0.2) is 23.1 Å². The maximum atomic E-state index is 12.0. The van der Waals surface area contributed by atoms with Crippen LogP contribution in [0.3, 0.4) is 0 Å². The molecule has 6 nitrogen and oxygen atoms in total. The molecule has 0 unspecified atom stereocenters. The second kappa shape index (κ2) is 5.65. The van der Waals surface area contributed by atoms with Crippen molar-refractivity contribution in [1.29, 1.82) is 0 Å². The third-order valence-corrected chi connectivity index (χ3v) is 5.49. The molecule has 0 saturated carbocycles. The maximum absolute atomic E-state index is 12.0. The van der Waals surface area contributed by atoms with Gasteiger partial charge in [-0.15, -0.1) is 11.6 Å². The van der Waals surface area contributed by atoms with E-state index in [1.54, 1.807) is 12.1 Å². The summed E-state index contributed by atoms with van der Waals surface area (Å²) in [5.74, 6) is -0.511. The Labute approximate surface area is 125 Å². The average molecular weight is 334 g/mol. The molecule has 0 spiro atoms. The molecule has 2 aromatic rings. The number of rotatable bonds is 4. The fraction of sp³-hybridized carbons (Fsp3) is 0.273. The van der Waals surface area contributed by atoms with Crippen molar-refractivity contribution in [3.05, 3.63) is 18.2 Å². The van der Waals surface area contributed by atoms with E-state index in [9.17, 15) is 13.2 Å². The highest BCUT2D eigenvalue weighted by Gasteiger charge is 2.18. The first-order chi connectivity index (χ1) is 9.34. The maximum Gasteiger partial charge on any atom is 0.242 e. The first-order valence-electron chi connectivity index (χ1n) is 5.53. The van der Waals surface area contributed by atoms with E-state index in [4.69, 9.17) is 11.6 Å². The van der Waals surface area contributed by atoms with Crippen molar-refractivity contribution in [1.82, 2.24) is 9.29 Å². The monoisotopic (exact) mass is 333 g/mol. The largest absolute Gasteiger partial charge is 0.301 e. The van der Waals surface area contributed by atoms with E-state index in [0.717, 1.165) is 4.31 Å². The fourth-order valence-corrected chi connectivity index (χ4v) is 3.47. The fourth-order valence-electron chi connectivity index (χ4n) is 1.48. The minimum Gasteiger partial charge on any atom is -0.301 e. The lowest BCUT2D eigenvalue weighted by Gasteiger charge is -2.10. The van der Waals surface area contributed by atoms with Crippen LogP contribution in [0, 0.1) is 0 Å². The third kappa shape index (κ3) is 2.93. The molecule has 1 amide bonds. The summed E-state index contributed by atoms with van der Waals surface area (Å²) in [4.78, 5) is 15.6. The van der Waals surface area contributed by atoms with Crippen molar-refractivity contribution >= 4 is 54.2 Å². The van der Waals surface area contributed by atoms with Gasteiger partial charge in [-0.2, -0.15) is 0 Å². The molecule has 0 saturated heterocycles. The molecule has 1 aromatic heterocycles. The van der Waals surface area contributed by atoms with Crippen molar-refractivity contribution in [3.8, 4) is 0 Å². The van der Waals surface area contributed by atoms with Gasteiger partial charge in [-0.1, -0.05) is 11.3 Å². The molecular weight excluding hydrogens is 322 g/mol. The zero-order valence-electron chi connectivity index (χ0n) is 10.8. The second-order valence-electron chi connectivity index (χ2n) is 4.12. The van der Waals surface area contributed by atoms with E-state index in [-0.39, 0.29) is 16.7 Å². The number of carbonyl (C=O) groups is 1. The zero-order valence-corrected chi connectivity index (χ0v) is 13.1. The van der Waals surface area contributed by atoms with Crippen molar-refractivity contribution in [2.75, 3.05) is 25.3 Å². The van der Waals surface area contributed by atoms with Crippen LogP contribution in [-0.4, -0.2) is 43.6 Å². The van der Waals surface area contributed by atoms with E-state index < -0.39 is 10.0 Å². The number of nitrogens with one attached hydrogen (secondary N) is 1. The van der Waals surface area contributed by atoms with Crippen molar-refractivity contribution in [3.63, 3.8) is 0 Å². The van der Waals surface area contributed by atoms with Crippen LogP contribution < -0.4 is 5.32 Å². The van der Waals surface area contributed by atoms with Gasteiger partial charge in [-0.05, 0) is 18.2 Å². The lowest BCUT2D eigenvalue weighted by molar-refractivity contribution is -0.113. The number of hydrogen-bond donors (Lipinski definition) is 1. The third-order valence-electron chi connectivity index (χ3n) is 2.51. The first kappa shape index (κ1) is 15.2. The van der Waals surface area contributed by atoms with Crippen LogP contribution in [0.1, 0.15) is 0 Å². The molecular formula is C11H12ClN3O3S2. The lowest BCUT2D eigenvalue weighted by atomic mass is 10.3. The van der Waals surface area contributed by atoms with E-state index in [1.165, 1.54) is 31.5 Å². The number of aromatic nitrogens is 1. The van der Waals surface area contributed by atoms with Crippen molar-refractivity contribution < 1.29 is 13.2 Å². The highest BCUT2D eigenvalue weighted by molar-refractivity contribution is 7.89. The second-order valence-corrected chi connectivity index (χ2v) is 7.57. The van der Waals surface area contributed by atoms with E-state index in [2.05, 4.69) is 10.3 Å². The van der Waals surface area contributed by atoms with Gasteiger partial charge in [0.15, 0.2) is 5.13 Å². The quantitative estimate of drug-likeness (QED) is 0.864. The highest BCUT2D eigenvalue weighted by atomic mass is 35.5. The Morgan fingerprint density at radius 2 is 2.15 bits per heavy atom. The predicted molar refractivity (Wildman–Crippen MR) is 79.8 cm³/mol. The SMILES string of the molecule is CN(C)S(=O)(=O)c1ccc2nc(NC(=O)CCl)sc2c1. The summed E-state index contributed by atoms with van der Waals surface area (Å²) in [6.07, 6.45) is 0. The van der Waals surface area contributed by atoms with Crippen LogP contribution in [0.25, 0.3) is 10.2 Å². The van der Waals surface area contributed by atoms with Crippen LogP contribution in [-0.2, 0) is 14.8 Å². The predicted octanol–water partition coefficient (Wildman–Crippen LogP) is 1.72. The molecule has 108 valence electrons. The summed E-state index contributed by atoms with van der Waals surface area (Å²) < 4.78 is 25.9. The molecule has 1 heterocycles. The molecule has 0 aliphatic carbocycles. The number of thiazole rings is 1. The molecule has 20 heavy (non-hydrogen) atoms. The standard InChI is InChI=1S/C11H12ClN3O3S2/c1-15(2)20(17,18)7-3-4-8-9(5-7)19-11(13-8)14-10(16)6-12/h3-5H,6H2,1-2H3,(H,13,14,16). The summed E-state index contributed by atoms with van der Waals surface area (Å²) in [7, 11) is -0.542. The molecule has 0 fully saturated rings. The van der Waals surface area contributed by atoms with Gasteiger partial charge in [-0.25, -0.2) is 17.7 Å². The molecule has 1 N–H and O–H groups in total. The van der Waals surface area contributed by atoms with E-state index >= 15 is 0 Å². The Kier molecular flexibility index (Phi) is 4.28. The molecule has 0 atom stereocenters. The minimum atomic E-state index is -3.48. The molecule has 9 heteroatoms. The number of benzene rings is 1. The smallest absolute Gasteiger partial charge is 0.242 e. The number of sulfonamides is 1. The van der Waals surface area contributed by atoms with Crippen LogP contribution in [0.5, 0.6) is 0 Å². The Bertz CT molecular complexity index is 755. The van der Waals surface area contributed by atoms with Gasteiger partial charge in [0.1, 0.15) is 5.88 Å². The number of fused-ring (bicyclic) bond motifs is 1. The first-order valence-corrected chi connectivity index (χ1v) is 8.32. The number of hydrogen-bond acceptors (Lipinski definition) is 5. The average Bonchev–Trinajstić information content (AvgIpc) is 2.79. The zero-order chi connectivity index (χ0) is 14.9. The van der Waals surface area contributed by atoms with Gasteiger partial charge in [0.2, 0.25) is 15.9 Å². The Hall–Kier alpha value is -1.22. The van der Waals surface area contributed by atoms with Crippen LogP contribution in [0.2, 0.25) is 0 Å². The lowest BCUT2D eigenvalue weighted by Crippen LogP contribution is -2.22. The number of amides is 1. The van der Waals surface area contributed by atoms with Gasteiger partial charge >= 0.3 is 0 Å². The van der Waals surface area contributed by atoms with E-state index in [0.29, 0.717) is 15.3 Å². The Morgan fingerprint density at radius 1 is 1.45 bits per heavy atom. The number of halogens is 1. The van der Waals surface area contributed by atoms with Crippen molar-refractivity contribution in [2.45, 2.75) is 4.90 Å². The van der Waals surface area contributed by atoms with Crippen molar-refractivity contribution in [2.24, 2.45) is 0 Å². The summed E-state index contributed by atoms with van der Waals surface area (Å²) in [5.41, 5.74) is 0.623. The molecule has 0 bridgehead atoms. The normalized spacial score (nSPS) is 12.0. The molecule has 2 rings (SSSR count). The summed E-state index contributed by atoms with van der Waals surface area (Å²) >= 11 is 6.60. The van der Waals surface area contributed by atoms with Gasteiger partial charge in [0.25, 0.3) is 0 Å². The van der Waals surface area contributed by atoms with Gasteiger partial charge < -0.3 is 5.32 Å². The van der Waals surface area contributed by atoms with Crippen LogP contribution in [0.4, 0.5) is 5.13 Å². The summed E-state index contributed by atoms with van der Waals surface area (Å²) in [6.45, 7) is 0. The van der Waals surface area contributed by atoms with Gasteiger partial charge in [0.05, 0.1) is 15.1 Å². The number of carbonyl (C=O) groups excluding carboxylic acids is 1. The highest BCUT2D eigenvalue weighted by Crippen LogP contribution is 2.28. The topological polar surface area (TPSA) is 79.4 Å². The number of nitrogens with zero attached hydrogens (tertiary/aromatic N) is 2. The van der Waals surface area contributed by atoms with Gasteiger partial charge in [-0.3, -0.25) is 4.79 Å². The summed E-state index contributed by atoms with van der Waals surface area (Å²) in [5, 5.41) is 2.93. The molecule has 0 aliphatic rings. The molecule has 0 radical (unpaired) electrons. The summed E-state index contributed by atoms with van der Waals surface area (Å²) in [6, 6.07) is 4.64. The Morgan fingerprint density at radius 3 is 2.75 bits per heavy atom. The number of alkyl halides is 1. The number of anilines is 1. The molecule has 1 aromatic carbocycles. The molecule has 0 aliphatic heterocycles. The Balaban J connectivity index is 2.43. The minimum absolute atomic E-state index is 0.157.